The molecule has 0 radical (unpaired) electrons. The van der Waals surface area contributed by atoms with Crippen molar-refractivity contribution in [3.8, 4) is 5.75 Å². The maximum Gasteiger partial charge on any atom is 0.311 e. The number of carbonyl (C=O) groups is 1. The predicted molar refractivity (Wildman–Crippen MR) is 81.4 cm³/mol. The third kappa shape index (κ3) is 2.33. The molecule has 3 nitrogen and oxygen atoms in total. The summed E-state index contributed by atoms with van der Waals surface area (Å²) in [6.45, 7) is 2.10. The first kappa shape index (κ1) is 14.4. The zero-order valence-electron chi connectivity index (χ0n) is 13.1. The summed E-state index contributed by atoms with van der Waals surface area (Å²) in [6.07, 6.45) is 5.33. The van der Waals surface area contributed by atoms with Gasteiger partial charge in [0.2, 0.25) is 0 Å². The predicted octanol–water partition coefficient (Wildman–Crippen LogP) is 3.39. The van der Waals surface area contributed by atoms with Crippen LogP contribution in [0.4, 0.5) is 0 Å². The van der Waals surface area contributed by atoms with Crippen LogP contribution in [-0.4, -0.2) is 20.2 Å². The average Bonchev–Trinajstić information content (AvgIpc) is 2.52. The Bertz CT molecular complexity index is 551. The first-order chi connectivity index (χ1) is 10.1. The van der Waals surface area contributed by atoms with Crippen molar-refractivity contribution in [2.45, 2.75) is 39.0 Å². The second-order valence-electron chi connectivity index (χ2n) is 6.71. The molecule has 0 aliphatic heterocycles. The average molecular weight is 288 g/mol. The first-order valence-corrected chi connectivity index (χ1v) is 7.82. The molecule has 3 atom stereocenters. The summed E-state index contributed by atoms with van der Waals surface area (Å²) >= 11 is 0. The molecule has 1 saturated carbocycles. The zero-order chi connectivity index (χ0) is 15.0. The molecule has 0 saturated heterocycles. The van der Waals surface area contributed by atoms with Crippen LogP contribution in [0.3, 0.4) is 0 Å². The van der Waals surface area contributed by atoms with Crippen LogP contribution in [0.15, 0.2) is 18.2 Å². The van der Waals surface area contributed by atoms with Gasteiger partial charge in [-0.2, -0.15) is 0 Å². The Morgan fingerprint density at radius 3 is 2.76 bits per heavy atom. The molecule has 0 aromatic heterocycles. The largest absolute Gasteiger partial charge is 0.497 e. The van der Waals surface area contributed by atoms with Crippen molar-refractivity contribution in [3.63, 3.8) is 0 Å². The molecule has 1 aromatic carbocycles. The second kappa shape index (κ2) is 5.36. The Hall–Kier alpha value is -1.51. The Balaban J connectivity index is 1.95. The van der Waals surface area contributed by atoms with E-state index < -0.39 is 0 Å². The van der Waals surface area contributed by atoms with Crippen molar-refractivity contribution in [1.29, 1.82) is 0 Å². The van der Waals surface area contributed by atoms with Gasteiger partial charge in [-0.1, -0.05) is 12.5 Å². The molecule has 1 fully saturated rings. The minimum Gasteiger partial charge on any atom is -0.497 e. The van der Waals surface area contributed by atoms with Gasteiger partial charge in [0.1, 0.15) is 5.75 Å². The van der Waals surface area contributed by atoms with E-state index in [0.29, 0.717) is 11.8 Å². The fraction of sp³-hybridized carbons (Fsp3) is 0.611. The van der Waals surface area contributed by atoms with Gasteiger partial charge in [-0.25, -0.2) is 0 Å². The Morgan fingerprint density at radius 2 is 2.05 bits per heavy atom. The number of benzene rings is 1. The molecule has 0 bridgehead atoms. The SMILES string of the molecule is COC(=O)[C@@]1(C)CCC[C@H]2Cc3ccc(OC)cc3C[C@@H]21. The molecule has 0 spiro atoms. The van der Waals surface area contributed by atoms with E-state index in [2.05, 4.69) is 19.1 Å². The Kier molecular flexibility index (Phi) is 3.68. The monoisotopic (exact) mass is 288 g/mol. The summed E-state index contributed by atoms with van der Waals surface area (Å²) in [4.78, 5) is 12.3. The van der Waals surface area contributed by atoms with E-state index in [1.54, 1.807) is 7.11 Å². The Labute approximate surface area is 126 Å². The molecule has 21 heavy (non-hydrogen) atoms. The van der Waals surface area contributed by atoms with Gasteiger partial charge in [-0.15, -0.1) is 0 Å². The maximum atomic E-state index is 12.3. The van der Waals surface area contributed by atoms with Crippen LogP contribution < -0.4 is 4.74 Å². The lowest BCUT2D eigenvalue weighted by Gasteiger charge is -2.47. The molecule has 0 heterocycles. The number of ether oxygens (including phenoxy) is 2. The zero-order valence-corrected chi connectivity index (χ0v) is 13.1. The van der Waals surface area contributed by atoms with Crippen LogP contribution >= 0.6 is 0 Å². The van der Waals surface area contributed by atoms with Crippen LogP contribution in [0, 0.1) is 17.3 Å². The summed E-state index contributed by atoms with van der Waals surface area (Å²) in [6, 6.07) is 6.37. The van der Waals surface area contributed by atoms with Gasteiger partial charge in [-0.05, 0) is 67.7 Å². The van der Waals surface area contributed by atoms with Crippen molar-refractivity contribution in [2.24, 2.45) is 17.3 Å². The first-order valence-electron chi connectivity index (χ1n) is 7.82. The van der Waals surface area contributed by atoms with Crippen molar-refractivity contribution in [3.05, 3.63) is 29.3 Å². The number of carbonyl (C=O) groups excluding carboxylic acids is 1. The smallest absolute Gasteiger partial charge is 0.311 e. The highest BCUT2D eigenvalue weighted by molar-refractivity contribution is 5.77. The lowest BCUT2D eigenvalue weighted by Crippen LogP contribution is -2.46. The number of methoxy groups -OCH3 is 2. The second-order valence-corrected chi connectivity index (χ2v) is 6.71. The van der Waals surface area contributed by atoms with E-state index >= 15 is 0 Å². The van der Waals surface area contributed by atoms with Gasteiger partial charge in [0, 0.05) is 0 Å². The van der Waals surface area contributed by atoms with E-state index in [9.17, 15) is 4.79 Å². The molecular weight excluding hydrogens is 264 g/mol. The van der Waals surface area contributed by atoms with E-state index in [4.69, 9.17) is 9.47 Å². The molecular formula is C18H24O3. The van der Waals surface area contributed by atoms with Gasteiger partial charge in [0.15, 0.2) is 0 Å². The lowest BCUT2D eigenvalue weighted by molar-refractivity contribution is -0.160. The van der Waals surface area contributed by atoms with Gasteiger partial charge >= 0.3 is 5.97 Å². The minimum absolute atomic E-state index is 0.0384. The topological polar surface area (TPSA) is 35.5 Å². The van der Waals surface area contributed by atoms with Gasteiger partial charge in [0.05, 0.1) is 19.6 Å². The van der Waals surface area contributed by atoms with Crippen LogP contribution in [0.1, 0.15) is 37.3 Å². The van der Waals surface area contributed by atoms with E-state index in [1.165, 1.54) is 24.7 Å². The number of hydrogen-bond acceptors (Lipinski definition) is 3. The standard InChI is InChI=1S/C18H24O3/c1-18(17(19)21-3)8-4-5-13-9-12-6-7-15(20-2)10-14(12)11-16(13)18/h6-7,10,13,16H,4-5,8-9,11H2,1-3H3/t13-,16-,18-/m0/s1. The van der Waals surface area contributed by atoms with E-state index in [0.717, 1.165) is 31.4 Å². The molecule has 0 amide bonds. The summed E-state index contributed by atoms with van der Waals surface area (Å²) in [5.74, 6) is 1.85. The molecule has 2 aliphatic rings. The highest BCUT2D eigenvalue weighted by atomic mass is 16.5. The third-order valence-electron chi connectivity index (χ3n) is 5.65. The summed E-state index contributed by atoms with van der Waals surface area (Å²) in [5.41, 5.74) is 2.43. The summed E-state index contributed by atoms with van der Waals surface area (Å²) < 4.78 is 10.5. The number of rotatable bonds is 2. The van der Waals surface area contributed by atoms with Crippen molar-refractivity contribution in [1.82, 2.24) is 0 Å². The maximum absolute atomic E-state index is 12.3. The van der Waals surface area contributed by atoms with Gasteiger partial charge < -0.3 is 9.47 Å². The van der Waals surface area contributed by atoms with Crippen molar-refractivity contribution < 1.29 is 14.3 Å². The summed E-state index contributed by atoms with van der Waals surface area (Å²) in [5, 5.41) is 0. The molecule has 2 aliphatic carbocycles. The van der Waals surface area contributed by atoms with Crippen LogP contribution in [0.25, 0.3) is 0 Å². The Morgan fingerprint density at radius 1 is 1.24 bits per heavy atom. The number of hydrogen-bond donors (Lipinski definition) is 0. The molecule has 0 unspecified atom stereocenters. The molecule has 0 N–H and O–H groups in total. The molecule has 114 valence electrons. The number of fused-ring (bicyclic) bond motifs is 2. The van der Waals surface area contributed by atoms with Crippen molar-refractivity contribution >= 4 is 5.97 Å². The van der Waals surface area contributed by atoms with Crippen LogP contribution in [0.5, 0.6) is 5.75 Å². The van der Waals surface area contributed by atoms with Gasteiger partial charge in [0.25, 0.3) is 0 Å². The highest BCUT2D eigenvalue weighted by Crippen LogP contribution is 2.50. The number of esters is 1. The summed E-state index contributed by atoms with van der Waals surface area (Å²) in [7, 11) is 3.21. The van der Waals surface area contributed by atoms with E-state index in [1.807, 2.05) is 6.07 Å². The van der Waals surface area contributed by atoms with Gasteiger partial charge in [-0.3, -0.25) is 4.79 Å². The van der Waals surface area contributed by atoms with Crippen LogP contribution in [0.2, 0.25) is 0 Å². The highest BCUT2D eigenvalue weighted by Gasteiger charge is 2.49. The third-order valence-corrected chi connectivity index (χ3v) is 5.65. The molecule has 3 heteroatoms. The fourth-order valence-electron chi connectivity index (χ4n) is 4.40. The molecule has 3 rings (SSSR count). The minimum atomic E-state index is -0.335. The van der Waals surface area contributed by atoms with Crippen molar-refractivity contribution in [2.75, 3.05) is 14.2 Å². The quantitative estimate of drug-likeness (QED) is 0.783. The normalized spacial score (nSPS) is 31.0. The fourth-order valence-corrected chi connectivity index (χ4v) is 4.40. The molecule has 1 aromatic rings. The lowest BCUT2D eigenvalue weighted by atomic mass is 9.57. The van der Waals surface area contributed by atoms with E-state index in [-0.39, 0.29) is 11.4 Å². The van der Waals surface area contributed by atoms with Crippen LogP contribution in [-0.2, 0) is 22.4 Å².